The molecule has 2 amide bonds. The first-order valence-electron chi connectivity index (χ1n) is 8.29. The lowest BCUT2D eigenvalue weighted by molar-refractivity contribution is -0.153. The molecule has 24 heavy (non-hydrogen) atoms. The average Bonchev–Trinajstić information content (AvgIpc) is 2.95. The third kappa shape index (κ3) is 3.29. The highest BCUT2D eigenvalue weighted by Crippen LogP contribution is 2.20. The Balaban J connectivity index is 1.75. The zero-order chi connectivity index (χ0) is 17.3. The summed E-state index contributed by atoms with van der Waals surface area (Å²) in [5.74, 6) is -0.111. The highest BCUT2D eigenvalue weighted by molar-refractivity contribution is 5.87. The van der Waals surface area contributed by atoms with Crippen LogP contribution in [0.4, 0.5) is 0 Å². The molecule has 2 aliphatic heterocycles. The van der Waals surface area contributed by atoms with Crippen LogP contribution in [0.2, 0.25) is 0 Å². The van der Waals surface area contributed by atoms with Gasteiger partial charge in [-0.15, -0.1) is 0 Å². The van der Waals surface area contributed by atoms with Crippen LogP contribution < -0.4 is 0 Å². The van der Waals surface area contributed by atoms with Crippen LogP contribution in [-0.2, 0) is 34.0 Å². The largest absolute Gasteiger partial charge is 0.377 e. The standard InChI is InChI=1S/C16H25N5O3/c1-12(22)20-6-7-24-11-15(20)16(23)19-4-5-21-14(10-19)13(8-17-21)9-18(2)3/h8,15H,4-7,9-11H2,1-3H3. The van der Waals surface area contributed by atoms with E-state index in [0.29, 0.717) is 32.8 Å². The Bertz CT molecular complexity index is 627. The Morgan fingerprint density at radius 3 is 2.83 bits per heavy atom. The molecule has 0 spiro atoms. The van der Waals surface area contributed by atoms with Gasteiger partial charge in [0, 0.05) is 32.1 Å². The van der Waals surface area contributed by atoms with Crippen LogP contribution in [0.1, 0.15) is 18.2 Å². The number of morpholine rings is 1. The monoisotopic (exact) mass is 335 g/mol. The van der Waals surface area contributed by atoms with Crippen LogP contribution in [0.25, 0.3) is 0 Å². The van der Waals surface area contributed by atoms with Gasteiger partial charge in [-0.1, -0.05) is 0 Å². The fourth-order valence-corrected chi connectivity index (χ4v) is 3.36. The molecule has 0 bridgehead atoms. The van der Waals surface area contributed by atoms with Gasteiger partial charge in [-0.05, 0) is 14.1 Å². The number of hydrogen-bond acceptors (Lipinski definition) is 5. The van der Waals surface area contributed by atoms with Gasteiger partial charge in [-0.25, -0.2) is 0 Å². The van der Waals surface area contributed by atoms with Crippen molar-refractivity contribution in [3.05, 3.63) is 17.5 Å². The summed E-state index contributed by atoms with van der Waals surface area (Å²) in [6.45, 7) is 5.37. The lowest BCUT2D eigenvalue weighted by atomic mass is 10.1. The van der Waals surface area contributed by atoms with Gasteiger partial charge in [0.2, 0.25) is 11.8 Å². The number of carbonyl (C=O) groups is 2. The highest BCUT2D eigenvalue weighted by atomic mass is 16.5. The van der Waals surface area contributed by atoms with Crippen molar-refractivity contribution in [2.45, 2.75) is 32.6 Å². The summed E-state index contributed by atoms with van der Waals surface area (Å²) in [6.07, 6.45) is 1.88. The van der Waals surface area contributed by atoms with Gasteiger partial charge in [0.05, 0.1) is 38.2 Å². The van der Waals surface area contributed by atoms with Crippen LogP contribution in [0, 0.1) is 0 Å². The molecular weight excluding hydrogens is 310 g/mol. The first-order chi connectivity index (χ1) is 11.5. The van der Waals surface area contributed by atoms with E-state index in [-0.39, 0.29) is 18.4 Å². The maximum atomic E-state index is 12.9. The molecule has 132 valence electrons. The summed E-state index contributed by atoms with van der Waals surface area (Å²) in [7, 11) is 4.03. The SMILES string of the molecule is CC(=O)N1CCOCC1C(=O)N1CCn2ncc(CN(C)C)c2C1. The third-order valence-electron chi connectivity index (χ3n) is 4.57. The Labute approximate surface area is 141 Å². The Morgan fingerprint density at radius 2 is 2.12 bits per heavy atom. The molecule has 1 fully saturated rings. The zero-order valence-electron chi connectivity index (χ0n) is 14.6. The van der Waals surface area contributed by atoms with Crippen molar-refractivity contribution in [2.75, 3.05) is 40.4 Å². The summed E-state index contributed by atoms with van der Waals surface area (Å²) < 4.78 is 7.41. The first-order valence-corrected chi connectivity index (χ1v) is 8.29. The molecule has 1 aromatic heterocycles. The number of fused-ring (bicyclic) bond motifs is 1. The molecule has 1 saturated heterocycles. The molecule has 0 saturated carbocycles. The van der Waals surface area contributed by atoms with Crippen LogP contribution in [0.3, 0.4) is 0 Å². The van der Waals surface area contributed by atoms with Gasteiger partial charge in [-0.2, -0.15) is 5.10 Å². The second-order valence-corrected chi connectivity index (χ2v) is 6.64. The quantitative estimate of drug-likeness (QED) is 0.747. The van der Waals surface area contributed by atoms with E-state index in [1.54, 1.807) is 4.90 Å². The highest BCUT2D eigenvalue weighted by Gasteiger charge is 2.35. The lowest BCUT2D eigenvalue weighted by Crippen LogP contribution is -2.57. The molecular formula is C16H25N5O3. The molecule has 2 aliphatic rings. The molecule has 0 aliphatic carbocycles. The summed E-state index contributed by atoms with van der Waals surface area (Å²) >= 11 is 0. The van der Waals surface area contributed by atoms with Crippen LogP contribution >= 0.6 is 0 Å². The minimum absolute atomic E-state index is 0.0341. The molecule has 0 aromatic carbocycles. The number of carbonyl (C=O) groups excluding carboxylic acids is 2. The lowest BCUT2D eigenvalue weighted by Gasteiger charge is -2.38. The minimum atomic E-state index is -0.511. The van der Waals surface area contributed by atoms with Gasteiger partial charge >= 0.3 is 0 Å². The van der Waals surface area contributed by atoms with E-state index in [1.165, 1.54) is 6.92 Å². The molecule has 0 radical (unpaired) electrons. The van der Waals surface area contributed by atoms with E-state index in [4.69, 9.17) is 4.74 Å². The third-order valence-corrected chi connectivity index (χ3v) is 4.57. The Kier molecular flexibility index (Phi) is 4.86. The van der Waals surface area contributed by atoms with Crippen molar-refractivity contribution in [3.63, 3.8) is 0 Å². The van der Waals surface area contributed by atoms with Crippen LogP contribution in [-0.4, -0.2) is 82.7 Å². The number of nitrogens with zero attached hydrogens (tertiary/aromatic N) is 5. The Morgan fingerprint density at radius 1 is 1.33 bits per heavy atom. The van der Waals surface area contributed by atoms with Crippen LogP contribution in [0.15, 0.2) is 6.20 Å². The van der Waals surface area contributed by atoms with Crippen molar-refractivity contribution in [3.8, 4) is 0 Å². The predicted molar refractivity (Wildman–Crippen MR) is 87.0 cm³/mol. The fourth-order valence-electron chi connectivity index (χ4n) is 3.36. The Hall–Kier alpha value is -1.93. The van der Waals surface area contributed by atoms with Gasteiger partial charge in [0.1, 0.15) is 6.04 Å². The molecule has 1 unspecified atom stereocenters. The van der Waals surface area contributed by atoms with E-state index in [9.17, 15) is 9.59 Å². The predicted octanol–water partition coefficient (Wildman–Crippen LogP) is -0.466. The van der Waals surface area contributed by atoms with Gasteiger partial charge < -0.3 is 19.4 Å². The molecule has 1 aromatic rings. The van der Waals surface area contributed by atoms with Crippen LogP contribution in [0.5, 0.6) is 0 Å². The van der Waals surface area contributed by atoms with E-state index in [0.717, 1.165) is 17.8 Å². The van der Waals surface area contributed by atoms with Crippen molar-refractivity contribution in [2.24, 2.45) is 0 Å². The van der Waals surface area contributed by atoms with Crippen molar-refractivity contribution >= 4 is 11.8 Å². The number of aromatic nitrogens is 2. The minimum Gasteiger partial charge on any atom is -0.377 e. The van der Waals surface area contributed by atoms with Crippen molar-refractivity contribution < 1.29 is 14.3 Å². The summed E-state index contributed by atoms with van der Waals surface area (Å²) in [6, 6.07) is -0.511. The topological polar surface area (TPSA) is 70.9 Å². The second kappa shape index (κ2) is 6.90. The average molecular weight is 335 g/mol. The van der Waals surface area contributed by atoms with Gasteiger partial charge in [-0.3, -0.25) is 14.3 Å². The van der Waals surface area contributed by atoms with E-state index in [1.807, 2.05) is 29.9 Å². The van der Waals surface area contributed by atoms with Crippen molar-refractivity contribution in [1.82, 2.24) is 24.5 Å². The van der Waals surface area contributed by atoms with Gasteiger partial charge in [0.15, 0.2) is 0 Å². The van der Waals surface area contributed by atoms with E-state index in [2.05, 4.69) is 10.00 Å². The van der Waals surface area contributed by atoms with E-state index >= 15 is 0 Å². The van der Waals surface area contributed by atoms with E-state index < -0.39 is 6.04 Å². The number of hydrogen-bond donors (Lipinski definition) is 0. The molecule has 8 nitrogen and oxygen atoms in total. The summed E-state index contributed by atoms with van der Waals surface area (Å²) in [5.41, 5.74) is 2.22. The molecule has 8 heteroatoms. The van der Waals surface area contributed by atoms with Crippen molar-refractivity contribution in [1.29, 1.82) is 0 Å². The fraction of sp³-hybridized carbons (Fsp3) is 0.688. The first kappa shape index (κ1) is 16.9. The maximum absolute atomic E-state index is 12.9. The molecule has 0 N–H and O–H groups in total. The number of ether oxygens (including phenoxy) is 1. The second-order valence-electron chi connectivity index (χ2n) is 6.64. The van der Waals surface area contributed by atoms with Gasteiger partial charge in [0.25, 0.3) is 0 Å². The smallest absolute Gasteiger partial charge is 0.248 e. The zero-order valence-corrected chi connectivity index (χ0v) is 14.6. The normalized spacial score (nSPS) is 21.1. The summed E-state index contributed by atoms with van der Waals surface area (Å²) in [4.78, 5) is 30.3. The maximum Gasteiger partial charge on any atom is 0.248 e. The molecule has 3 heterocycles. The molecule has 3 rings (SSSR count). The summed E-state index contributed by atoms with van der Waals surface area (Å²) in [5, 5.41) is 4.42. The number of rotatable bonds is 3. The molecule has 1 atom stereocenters. The number of amides is 2.